The molecule has 0 saturated heterocycles. The number of nitrogens with zero attached hydrogens (tertiary/aromatic N) is 3. The Morgan fingerprint density at radius 2 is 1.33 bits per heavy atom. The molecule has 4 heteroatoms. The number of benzene rings is 5. The van der Waals surface area contributed by atoms with E-state index in [0.717, 1.165) is 49.8 Å². The van der Waals surface area contributed by atoms with E-state index in [1.165, 1.54) is 20.2 Å². The van der Waals surface area contributed by atoms with Crippen LogP contribution >= 0.6 is 11.3 Å². The molecular formula is C35H21N3S. The first kappa shape index (κ1) is 22.1. The number of fused-ring (bicyclic) bond motifs is 5. The monoisotopic (exact) mass is 515 g/mol. The largest absolute Gasteiger partial charge is 0.255 e. The predicted octanol–water partition coefficient (Wildman–Crippen LogP) is 9.55. The zero-order chi connectivity index (χ0) is 25.8. The Morgan fingerprint density at radius 1 is 0.538 bits per heavy atom. The van der Waals surface area contributed by atoms with Gasteiger partial charge in [-0.25, -0.2) is 9.97 Å². The lowest BCUT2D eigenvalue weighted by Crippen LogP contribution is -1.97. The average Bonchev–Trinajstić information content (AvgIpc) is 3.39. The molecule has 0 bridgehead atoms. The zero-order valence-corrected chi connectivity index (χ0v) is 21.7. The molecule has 182 valence electrons. The molecular weight excluding hydrogens is 494 g/mol. The zero-order valence-electron chi connectivity index (χ0n) is 20.9. The minimum Gasteiger partial charge on any atom is -0.255 e. The summed E-state index contributed by atoms with van der Waals surface area (Å²) >= 11 is 1.82. The molecule has 0 atom stereocenters. The van der Waals surface area contributed by atoms with Crippen LogP contribution in [0.3, 0.4) is 0 Å². The average molecular weight is 516 g/mol. The number of aromatic nitrogens is 3. The Kier molecular flexibility index (Phi) is 5.00. The first-order chi connectivity index (χ1) is 19.3. The van der Waals surface area contributed by atoms with Gasteiger partial charge < -0.3 is 0 Å². The molecule has 0 spiro atoms. The fourth-order valence-electron chi connectivity index (χ4n) is 5.50. The van der Waals surface area contributed by atoms with E-state index >= 15 is 0 Å². The number of rotatable bonds is 3. The lowest BCUT2D eigenvalue weighted by atomic mass is 9.98. The van der Waals surface area contributed by atoms with Crippen LogP contribution in [0.25, 0.3) is 75.8 Å². The molecule has 0 unspecified atom stereocenters. The van der Waals surface area contributed by atoms with Crippen LogP contribution in [0.4, 0.5) is 0 Å². The molecule has 0 aliphatic rings. The van der Waals surface area contributed by atoms with Crippen molar-refractivity contribution in [1.29, 1.82) is 0 Å². The van der Waals surface area contributed by atoms with Gasteiger partial charge in [0.25, 0.3) is 0 Å². The van der Waals surface area contributed by atoms with Crippen molar-refractivity contribution in [3.05, 3.63) is 128 Å². The number of pyridine rings is 1. The quantitative estimate of drug-likeness (QED) is 0.235. The van der Waals surface area contributed by atoms with E-state index in [4.69, 9.17) is 15.0 Å². The van der Waals surface area contributed by atoms with Gasteiger partial charge in [-0.2, -0.15) is 0 Å². The third-order valence-corrected chi connectivity index (χ3v) is 8.54. The highest BCUT2D eigenvalue weighted by molar-refractivity contribution is 7.26. The van der Waals surface area contributed by atoms with Gasteiger partial charge in [0.15, 0.2) is 5.82 Å². The van der Waals surface area contributed by atoms with Crippen LogP contribution in [0, 0.1) is 0 Å². The topological polar surface area (TPSA) is 38.7 Å². The maximum absolute atomic E-state index is 5.30. The predicted molar refractivity (Wildman–Crippen MR) is 164 cm³/mol. The van der Waals surface area contributed by atoms with E-state index in [1.54, 1.807) is 0 Å². The fraction of sp³-hybridized carbons (Fsp3) is 0. The maximum atomic E-state index is 5.30. The van der Waals surface area contributed by atoms with Gasteiger partial charge in [0, 0.05) is 48.3 Å². The fourth-order valence-corrected chi connectivity index (χ4v) is 6.71. The first-order valence-electron chi connectivity index (χ1n) is 13.0. The van der Waals surface area contributed by atoms with Crippen molar-refractivity contribution in [1.82, 2.24) is 15.0 Å². The lowest BCUT2D eigenvalue weighted by Gasteiger charge is -2.13. The molecule has 0 radical (unpaired) electrons. The lowest BCUT2D eigenvalue weighted by molar-refractivity contribution is 1.23. The molecule has 8 rings (SSSR count). The molecule has 3 nitrogen and oxygen atoms in total. The molecule has 0 amide bonds. The highest BCUT2D eigenvalue weighted by atomic mass is 32.1. The summed E-state index contributed by atoms with van der Waals surface area (Å²) in [7, 11) is 0. The molecule has 0 saturated carbocycles. The van der Waals surface area contributed by atoms with Gasteiger partial charge in [0.1, 0.15) is 0 Å². The Hall–Kier alpha value is -4.93. The summed E-state index contributed by atoms with van der Waals surface area (Å²) < 4.78 is 2.53. The number of para-hydroxylation sites is 1. The highest BCUT2D eigenvalue weighted by Gasteiger charge is 2.18. The third kappa shape index (κ3) is 3.61. The van der Waals surface area contributed by atoms with E-state index < -0.39 is 0 Å². The SMILES string of the molecule is c1ccc(-c2cc(-c3nc(-c4cccc5c4sc4ccccc45)c4ccccc4n3)c3ncccc3c2)cc1. The van der Waals surface area contributed by atoms with Crippen LogP contribution in [0.15, 0.2) is 128 Å². The molecule has 8 aromatic rings. The van der Waals surface area contributed by atoms with Crippen LogP contribution in [0.5, 0.6) is 0 Å². The van der Waals surface area contributed by atoms with Crippen LogP contribution in [0.1, 0.15) is 0 Å². The molecule has 39 heavy (non-hydrogen) atoms. The van der Waals surface area contributed by atoms with Gasteiger partial charge in [0.05, 0.1) is 16.7 Å². The van der Waals surface area contributed by atoms with Gasteiger partial charge in [-0.3, -0.25) is 4.98 Å². The van der Waals surface area contributed by atoms with Gasteiger partial charge in [-0.1, -0.05) is 91.0 Å². The van der Waals surface area contributed by atoms with Crippen LogP contribution in [-0.2, 0) is 0 Å². The molecule has 0 fully saturated rings. The highest BCUT2D eigenvalue weighted by Crippen LogP contribution is 2.42. The standard InChI is InChI=1S/C35H21N3S/c1-2-10-22(11-3-1)24-20-23-12-9-19-36-32(23)29(21-24)35-37-30-17-6-4-14-27(30)33(38-35)28-16-8-15-26-25-13-5-7-18-31(25)39-34(26)28/h1-21H. The summed E-state index contributed by atoms with van der Waals surface area (Å²) in [5.74, 6) is 0.684. The van der Waals surface area contributed by atoms with Crippen molar-refractivity contribution in [3.63, 3.8) is 0 Å². The minimum absolute atomic E-state index is 0.684. The summed E-state index contributed by atoms with van der Waals surface area (Å²) in [4.78, 5) is 15.2. The first-order valence-corrected chi connectivity index (χ1v) is 13.8. The Morgan fingerprint density at radius 3 is 2.26 bits per heavy atom. The number of thiophene rings is 1. The summed E-state index contributed by atoms with van der Waals surface area (Å²) in [6.07, 6.45) is 1.84. The third-order valence-electron chi connectivity index (χ3n) is 7.32. The number of hydrogen-bond donors (Lipinski definition) is 0. The van der Waals surface area contributed by atoms with Gasteiger partial charge in [-0.15, -0.1) is 11.3 Å². The second kappa shape index (κ2) is 8.83. The molecule has 3 aromatic heterocycles. The van der Waals surface area contributed by atoms with E-state index in [-0.39, 0.29) is 0 Å². The van der Waals surface area contributed by atoms with Crippen molar-refractivity contribution in [2.24, 2.45) is 0 Å². The molecule has 0 aliphatic carbocycles. The van der Waals surface area contributed by atoms with E-state index in [0.29, 0.717) is 5.82 Å². The maximum Gasteiger partial charge on any atom is 0.162 e. The van der Waals surface area contributed by atoms with Gasteiger partial charge in [-0.05, 0) is 41.5 Å². The van der Waals surface area contributed by atoms with Crippen molar-refractivity contribution < 1.29 is 0 Å². The molecule has 0 N–H and O–H groups in total. The summed E-state index contributed by atoms with van der Waals surface area (Å²) in [5, 5.41) is 4.65. The van der Waals surface area contributed by atoms with Gasteiger partial charge in [0.2, 0.25) is 0 Å². The molecule has 5 aromatic carbocycles. The Balaban J connectivity index is 1.44. The Labute approximate surface area is 229 Å². The van der Waals surface area contributed by atoms with Crippen molar-refractivity contribution in [2.45, 2.75) is 0 Å². The smallest absolute Gasteiger partial charge is 0.162 e. The van der Waals surface area contributed by atoms with E-state index in [2.05, 4.69) is 103 Å². The van der Waals surface area contributed by atoms with Crippen LogP contribution < -0.4 is 0 Å². The normalized spacial score (nSPS) is 11.6. The van der Waals surface area contributed by atoms with Crippen molar-refractivity contribution >= 4 is 53.3 Å². The van der Waals surface area contributed by atoms with Gasteiger partial charge >= 0.3 is 0 Å². The Bertz CT molecular complexity index is 2180. The van der Waals surface area contributed by atoms with Crippen LogP contribution in [-0.4, -0.2) is 15.0 Å². The second-order valence-corrected chi connectivity index (χ2v) is 10.7. The molecule has 3 heterocycles. The summed E-state index contributed by atoms with van der Waals surface area (Å²) in [6, 6.07) is 42.4. The summed E-state index contributed by atoms with van der Waals surface area (Å²) in [5.41, 5.74) is 7.11. The molecule has 0 aliphatic heterocycles. The van der Waals surface area contributed by atoms with Crippen molar-refractivity contribution in [2.75, 3.05) is 0 Å². The number of hydrogen-bond acceptors (Lipinski definition) is 4. The van der Waals surface area contributed by atoms with Crippen molar-refractivity contribution in [3.8, 4) is 33.8 Å². The minimum atomic E-state index is 0.684. The van der Waals surface area contributed by atoms with E-state index in [1.807, 2.05) is 35.7 Å². The second-order valence-electron chi connectivity index (χ2n) is 9.66. The summed E-state index contributed by atoms with van der Waals surface area (Å²) in [6.45, 7) is 0. The van der Waals surface area contributed by atoms with Crippen LogP contribution in [0.2, 0.25) is 0 Å². The van der Waals surface area contributed by atoms with E-state index in [9.17, 15) is 0 Å².